The zero-order valence-electron chi connectivity index (χ0n) is 9.73. The summed E-state index contributed by atoms with van der Waals surface area (Å²) in [5, 5.41) is 9.80. The lowest BCUT2D eigenvalue weighted by Gasteiger charge is -2.11. The van der Waals surface area contributed by atoms with Crippen LogP contribution in [0.15, 0.2) is 36.9 Å². The van der Waals surface area contributed by atoms with Crippen molar-refractivity contribution in [3.05, 3.63) is 47.5 Å². The molecule has 1 unspecified atom stereocenters. The highest BCUT2D eigenvalue weighted by molar-refractivity contribution is 6.30. The van der Waals surface area contributed by atoms with Crippen LogP contribution < -0.4 is 0 Å². The second kappa shape index (κ2) is 7.13. The van der Waals surface area contributed by atoms with E-state index in [0.717, 1.165) is 18.4 Å². The van der Waals surface area contributed by atoms with Gasteiger partial charge in [-0.1, -0.05) is 29.8 Å². The maximum Gasteiger partial charge on any atom is 0.306 e. The summed E-state index contributed by atoms with van der Waals surface area (Å²) in [7, 11) is 0. The lowest BCUT2D eigenvalue weighted by molar-refractivity contribution is -0.141. The van der Waals surface area contributed by atoms with E-state index in [1.807, 2.05) is 24.3 Å². The summed E-state index contributed by atoms with van der Waals surface area (Å²) in [5.74, 6) is -1.08. The summed E-state index contributed by atoms with van der Waals surface area (Å²) < 4.78 is 0. The van der Waals surface area contributed by atoms with Gasteiger partial charge in [-0.3, -0.25) is 4.79 Å². The molecule has 0 amide bonds. The number of rotatable bonds is 7. The van der Waals surface area contributed by atoms with Gasteiger partial charge in [-0.2, -0.15) is 0 Å². The molecule has 0 saturated carbocycles. The van der Waals surface area contributed by atoms with Crippen LogP contribution in [0.4, 0.5) is 0 Å². The van der Waals surface area contributed by atoms with E-state index < -0.39 is 5.97 Å². The van der Waals surface area contributed by atoms with Crippen LogP contribution in [0.2, 0.25) is 5.02 Å². The molecule has 1 atom stereocenters. The minimum atomic E-state index is -0.742. The fourth-order valence-corrected chi connectivity index (χ4v) is 1.98. The van der Waals surface area contributed by atoms with Crippen molar-refractivity contribution < 1.29 is 9.90 Å². The molecule has 3 heteroatoms. The molecule has 0 bridgehead atoms. The fourth-order valence-electron chi connectivity index (χ4n) is 1.77. The Morgan fingerprint density at radius 3 is 2.88 bits per heavy atom. The van der Waals surface area contributed by atoms with Gasteiger partial charge in [-0.15, -0.1) is 6.58 Å². The summed E-state index contributed by atoms with van der Waals surface area (Å²) in [6, 6.07) is 7.37. The highest BCUT2D eigenvalue weighted by Gasteiger charge is 2.17. The van der Waals surface area contributed by atoms with E-state index in [0.29, 0.717) is 17.9 Å². The Labute approximate surface area is 107 Å². The van der Waals surface area contributed by atoms with Gasteiger partial charge in [-0.25, -0.2) is 0 Å². The Kier molecular flexibility index (Phi) is 5.78. The van der Waals surface area contributed by atoms with Crippen molar-refractivity contribution in [2.45, 2.75) is 25.7 Å². The Bertz CT molecular complexity index is 388. The zero-order valence-corrected chi connectivity index (χ0v) is 10.5. The molecule has 92 valence electrons. The normalized spacial score (nSPS) is 12.1. The average Bonchev–Trinajstić information content (AvgIpc) is 2.28. The minimum absolute atomic E-state index is 0.339. The number of halogens is 1. The molecule has 1 aromatic rings. The standard InChI is InChI=1S/C14H17ClO2/c1-2-3-4-7-12(14(16)17)9-11-6-5-8-13(15)10-11/h2,5-6,8,10,12H,1,3-4,7,9H2,(H,16,17). The first kappa shape index (κ1) is 13.8. The van der Waals surface area contributed by atoms with Gasteiger partial charge < -0.3 is 5.11 Å². The number of unbranched alkanes of at least 4 members (excludes halogenated alkanes) is 1. The van der Waals surface area contributed by atoms with Crippen molar-refractivity contribution in [2.75, 3.05) is 0 Å². The Morgan fingerprint density at radius 2 is 2.29 bits per heavy atom. The number of carboxylic acid groups (broad SMARTS) is 1. The van der Waals surface area contributed by atoms with Gasteiger partial charge in [0.1, 0.15) is 0 Å². The van der Waals surface area contributed by atoms with Crippen LogP contribution in [0.1, 0.15) is 24.8 Å². The lowest BCUT2D eigenvalue weighted by Crippen LogP contribution is -2.16. The van der Waals surface area contributed by atoms with Crippen molar-refractivity contribution in [1.82, 2.24) is 0 Å². The molecule has 0 spiro atoms. The molecule has 0 heterocycles. The summed E-state index contributed by atoms with van der Waals surface area (Å²) in [4.78, 5) is 11.1. The maximum atomic E-state index is 11.1. The quantitative estimate of drug-likeness (QED) is 0.590. The van der Waals surface area contributed by atoms with E-state index in [2.05, 4.69) is 6.58 Å². The largest absolute Gasteiger partial charge is 0.481 e. The third-order valence-electron chi connectivity index (χ3n) is 2.68. The highest BCUT2D eigenvalue weighted by atomic mass is 35.5. The van der Waals surface area contributed by atoms with Crippen LogP contribution in [0, 0.1) is 5.92 Å². The van der Waals surface area contributed by atoms with Gasteiger partial charge in [0.05, 0.1) is 5.92 Å². The van der Waals surface area contributed by atoms with Crippen molar-refractivity contribution >= 4 is 17.6 Å². The van der Waals surface area contributed by atoms with Gasteiger partial charge in [0, 0.05) is 5.02 Å². The van der Waals surface area contributed by atoms with Crippen LogP contribution in [-0.4, -0.2) is 11.1 Å². The second-order valence-corrected chi connectivity index (χ2v) is 4.53. The van der Waals surface area contributed by atoms with Crippen molar-refractivity contribution in [2.24, 2.45) is 5.92 Å². The van der Waals surface area contributed by atoms with Crippen molar-refractivity contribution in [3.8, 4) is 0 Å². The Hall–Kier alpha value is -1.28. The van der Waals surface area contributed by atoms with Gasteiger partial charge in [0.2, 0.25) is 0 Å². The molecule has 0 fully saturated rings. The van der Waals surface area contributed by atoms with Crippen molar-refractivity contribution in [3.63, 3.8) is 0 Å². The number of carbonyl (C=O) groups is 1. The summed E-state index contributed by atoms with van der Waals surface area (Å²) in [5.41, 5.74) is 0.975. The molecular formula is C14H17ClO2. The van der Waals surface area contributed by atoms with Gasteiger partial charge >= 0.3 is 5.97 Å². The number of benzene rings is 1. The third kappa shape index (κ3) is 5.05. The van der Waals surface area contributed by atoms with Crippen molar-refractivity contribution in [1.29, 1.82) is 0 Å². The molecule has 0 aromatic heterocycles. The van der Waals surface area contributed by atoms with E-state index in [-0.39, 0.29) is 5.92 Å². The Morgan fingerprint density at radius 1 is 1.53 bits per heavy atom. The molecule has 0 aliphatic rings. The molecule has 0 saturated heterocycles. The van der Waals surface area contributed by atoms with E-state index in [9.17, 15) is 4.79 Å². The number of allylic oxidation sites excluding steroid dienone is 1. The SMILES string of the molecule is C=CCCCC(Cc1cccc(Cl)c1)C(=O)O. The second-order valence-electron chi connectivity index (χ2n) is 4.09. The zero-order chi connectivity index (χ0) is 12.7. The van der Waals surface area contributed by atoms with Gasteiger partial charge in [-0.05, 0) is 43.4 Å². The predicted octanol–water partition coefficient (Wildman–Crippen LogP) is 3.94. The van der Waals surface area contributed by atoms with E-state index >= 15 is 0 Å². The molecular weight excluding hydrogens is 236 g/mol. The van der Waals surface area contributed by atoms with Crippen LogP contribution >= 0.6 is 11.6 Å². The lowest BCUT2D eigenvalue weighted by atomic mass is 9.94. The predicted molar refractivity (Wildman–Crippen MR) is 70.3 cm³/mol. The summed E-state index contributed by atoms with van der Waals surface area (Å²) >= 11 is 5.87. The first-order chi connectivity index (χ1) is 8.13. The molecule has 1 N–H and O–H groups in total. The first-order valence-corrected chi connectivity index (χ1v) is 6.09. The average molecular weight is 253 g/mol. The van der Waals surface area contributed by atoms with E-state index in [1.54, 1.807) is 6.07 Å². The van der Waals surface area contributed by atoms with Crippen LogP contribution in [0.5, 0.6) is 0 Å². The molecule has 1 aromatic carbocycles. The van der Waals surface area contributed by atoms with Gasteiger partial charge in [0.15, 0.2) is 0 Å². The maximum absolute atomic E-state index is 11.1. The molecule has 0 aliphatic carbocycles. The minimum Gasteiger partial charge on any atom is -0.481 e. The number of aliphatic carboxylic acids is 1. The van der Waals surface area contributed by atoms with Crippen LogP contribution in [0.25, 0.3) is 0 Å². The third-order valence-corrected chi connectivity index (χ3v) is 2.92. The van der Waals surface area contributed by atoms with E-state index in [4.69, 9.17) is 16.7 Å². The monoisotopic (exact) mass is 252 g/mol. The van der Waals surface area contributed by atoms with Crippen LogP contribution in [-0.2, 0) is 11.2 Å². The molecule has 17 heavy (non-hydrogen) atoms. The number of carboxylic acids is 1. The number of hydrogen-bond donors (Lipinski definition) is 1. The highest BCUT2D eigenvalue weighted by Crippen LogP contribution is 2.18. The Balaban J connectivity index is 2.60. The summed E-state index contributed by atoms with van der Waals surface area (Å²) in [6.07, 6.45) is 4.75. The smallest absolute Gasteiger partial charge is 0.306 e. The molecule has 0 aliphatic heterocycles. The topological polar surface area (TPSA) is 37.3 Å². The molecule has 2 nitrogen and oxygen atoms in total. The molecule has 1 rings (SSSR count). The van der Waals surface area contributed by atoms with E-state index in [1.165, 1.54) is 0 Å². The molecule has 0 radical (unpaired) electrons. The van der Waals surface area contributed by atoms with Crippen LogP contribution in [0.3, 0.4) is 0 Å². The fraction of sp³-hybridized carbons (Fsp3) is 0.357. The van der Waals surface area contributed by atoms with Gasteiger partial charge in [0.25, 0.3) is 0 Å². The number of hydrogen-bond acceptors (Lipinski definition) is 1. The first-order valence-electron chi connectivity index (χ1n) is 5.71. The summed E-state index contributed by atoms with van der Waals surface area (Å²) in [6.45, 7) is 3.63.